The van der Waals surface area contributed by atoms with Crippen LogP contribution >= 0.6 is 11.6 Å². The van der Waals surface area contributed by atoms with Gasteiger partial charge in [0.1, 0.15) is 41.0 Å². The lowest BCUT2D eigenvalue weighted by Gasteiger charge is -2.41. The lowest BCUT2D eigenvalue weighted by molar-refractivity contribution is -0.127. The lowest BCUT2D eigenvalue weighted by Crippen LogP contribution is -2.54. The number of β-amino-alcohol motifs (C(OH)–C–C–N with tert-alkyl or cyclic N) is 1. The van der Waals surface area contributed by atoms with Crippen molar-refractivity contribution in [1.82, 2.24) is 48.8 Å². The summed E-state index contributed by atoms with van der Waals surface area (Å²) < 4.78 is 34.6. The van der Waals surface area contributed by atoms with Gasteiger partial charge in [-0.05, 0) is 92.6 Å². The molecule has 2 amide bonds. The Kier molecular flexibility index (Phi) is 15.0. The first-order chi connectivity index (χ1) is 38.0. The van der Waals surface area contributed by atoms with E-state index in [2.05, 4.69) is 26.5 Å². The van der Waals surface area contributed by atoms with E-state index in [-0.39, 0.29) is 54.3 Å². The first kappa shape index (κ1) is 54.2. The zero-order valence-corrected chi connectivity index (χ0v) is 45.5. The molecule has 3 aliphatic heterocycles. The summed E-state index contributed by atoms with van der Waals surface area (Å²) in [6.45, 7) is 17.5. The smallest absolute Gasteiger partial charge is 0.355 e. The van der Waals surface area contributed by atoms with Gasteiger partial charge in [0.2, 0.25) is 11.8 Å². The number of carbonyl (C=O) groups is 2. The van der Waals surface area contributed by atoms with Crippen LogP contribution in [0, 0.1) is 11.6 Å². The first-order valence-corrected chi connectivity index (χ1v) is 26.9. The van der Waals surface area contributed by atoms with E-state index in [1.54, 1.807) is 21.9 Å². The van der Waals surface area contributed by atoms with Gasteiger partial charge in [0, 0.05) is 70.5 Å². The van der Waals surface area contributed by atoms with E-state index in [9.17, 15) is 29.4 Å². The number of pyridine rings is 2. The van der Waals surface area contributed by atoms with Gasteiger partial charge >= 0.3 is 11.4 Å². The third-order valence-corrected chi connectivity index (χ3v) is 15.5. The van der Waals surface area contributed by atoms with Gasteiger partial charge in [-0.3, -0.25) is 9.59 Å². The Hall–Kier alpha value is -8.17. The minimum Gasteiger partial charge on any atom is -0.507 e. The molecule has 0 bridgehead atoms. The average Bonchev–Trinajstić information content (AvgIpc) is 3.44. The molecule has 3 aliphatic rings. The summed E-state index contributed by atoms with van der Waals surface area (Å²) in [6, 6.07) is 9.65. The van der Waals surface area contributed by atoms with E-state index in [1.165, 1.54) is 39.7 Å². The number of fused-ring (bicyclic) bond motifs is 2. The number of benzene rings is 2. The third-order valence-electron chi connectivity index (χ3n) is 15.2. The maximum Gasteiger partial charge on any atom is 0.355 e. The highest BCUT2D eigenvalue weighted by molar-refractivity contribution is 6.33. The predicted octanol–water partition coefficient (Wildman–Crippen LogP) is 6.37. The van der Waals surface area contributed by atoms with Gasteiger partial charge in [0.15, 0.2) is 17.1 Å². The van der Waals surface area contributed by atoms with Crippen molar-refractivity contribution in [2.75, 3.05) is 67.1 Å². The minimum absolute atomic E-state index is 0.0497. The number of carbonyl (C=O) groups excluding carboxylic acids is 2. The van der Waals surface area contributed by atoms with Crippen LogP contribution in [0.4, 0.5) is 26.2 Å². The van der Waals surface area contributed by atoms with Crippen LogP contribution in [-0.2, 0) is 35.3 Å². The maximum atomic E-state index is 16.5. The number of nitrogens with zero attached hydrogens (tertiary/aromatic N) is 13. The highest BCUT2D eigenvalue weighted by Crippen LogP contribution is 2.39. The number of anilines is 3. The zero-order chi connectivity index (χ0) is 56.1. The molecule has 19 nitrogen and oxygen atoms in total. The summed E-state index contributed by atoms with van der Waals surface area (Å²) in [7, 11) is 0. The molecule has 2 N–H and O–H groups in total. The van der Waals surface area contributed by atoms with E-state index in [0.717, 1.165) is 23.3 Å². The van der Waals surface area contributed by atoms with Crippen molar-refractivity contribution >= 4 is 69.0 Å². The molecular formula is C57H60ClF2N13O6. The molecule has 3 fully saturated rings. The molecule has 22 heteroatoms. The number of halogens is 3. The molecule has 2 atom stereocenters. The summed E-state index contributed by atoms with van der Waals surface area (Å²) in [5.41, 5.74) is 2.17. The molecule has 0 radical (unpaired) electrons. The van der Waals surface area contributed by atoms with Crippen LogP contribution in [-0.4, -0.2) is 141 Å². The molecule has 2 aromatic carbocycles. The molecule has 7 aromatic rings. The fourth-order valence-electron chi connectivity index (χ4n) is 11.2. The summed E-state index contributed by atoms with van der Waals surface area (Å²) in [4.78, 5) is 93.1. The van der Waals surface area contributed by atoms with Crippen molar-refractivity contribution in [3.05, 3.63) is 133 Å². The Morgan fingerprint density at radius 3 is 1.87 bits per heavy atom. The van der Waals surface area contributed by atoms with Crippen LogP contribution in [0.2, 0.25) is 5.02 Å². The van der Waals surface area contributed by atoms with E-state index in [0.29, 0.717) is 114 Å². The molecule has 0 saturated carbocycles. The van der Waals surface area contributed by atoms with E-state index < -0.39 is 52.2 Å². The summed E-state index contributed by atoms with van der Waals surface area (Å²) in [6.07, 6.45) is 7.15. The number of hydrogen-bond donors (Lipinski definition) is 2. The number of phenols is 1. The van der Waals surface area contributed by atoms with Gasteiger partial charge in [-0.1, -0.05) is 64.1 Å². The van der Waals surface area contributed by atoms with Crippen LogP contribution in [0.5, 0.6) is 5.75 Å². The molecular weight excluding hydrogens is 1040 g/mol. The number of aliphatic hydroxyl groups excluding tert-OH is 1. The molecule has 410 valence electrons. The quantitative estimate of drug-likeness (QED) is 0.120. The number of aliphatic hydroxyl groups is 1. The van der Waals surface area contributed by atoms with Crippen LogP contribution in [0.25, 0.3) is 50.8 Å². The fraction of sp³-hybridized carbons (Fsp3) is 0.368. The summed E-state index contributed by atoms with van der Waals surface area (Å²) >= 11 is 6.98. The topological polar surface area (TPSA) is 212 Å². The van der Waals surface area contributed by atoms with Crippen molar-refractivity contribution in [3.8, 4) is 28.4 Å². The number of aromatic hydroxyl groups is 1. The Balaban J connectivity index is 0.995. The van der Waals surface area contributed by atoms with E-state index >= 15 is 8.78 Å². The second kappa shape index (κ2) is 21.9. The number of aryl methyl sites for hydroxylation is 3. The molecule has 0 unspecified atom stereocenters. The fourth-order valence-corrected chi connectivity index (χ4v) is 11.5. The number of piperazine rings is 2. The zero-order valence-electron chi connectivity index (χ0n) is 44.8. The molecule has 5 aromatic heterocycles. The van der Waals surface area contributed by atoms with Crippen molar-refractivity contribution < 1.29 is 28.6 Å². The van der Waals surface area contributed by atoms with Crippen molar-refractivity contribution in [3.63, 3.8) is 0 Å². The van der Waals surface area contributed by atoms with Crippen molar-refractivity contribution in [1.29, 1.82) is 0 Å². The second-order valence-electron chi connectivity index (χ2n) is 20.0. The Bertz CT molecular complexity index is 3730. The summed E-state index contributed by atoms with van der Waals surface area (Å²) in [5.74, 6) is -1.99. The van der Waals surface area contributed by atoms with Gasteiger partial charge in [-0.2, -0.15) is 9.97 Å². The van der Waals surface area contributed by atoms with Gasteiger partial charge < -0.3 is 34.7 Å². The summed E-state index contributed by atoms with van der Waals surface area (Å²) in [5, 5.41) is 22.0. The SMILES string of the molecule is C=CC(=O)N1CCN(c2nc(=O)n(-c3c(CC)ccc(/C=C/C(=O)N4CCN(c5nc(=O)n(-c6c(CC)ncnc6CC)c6nc(-c7c(O)cccc7F)c(F)cc56)[C@@H](C)C4)c3CC)c3nc(N4CC(O)C4)c(Cl)cc23)[C@@H](C)C1. The highest BCUT2D eigenvalue weighted by atomic mass is 35.5. The Morgan fingerprint density at radius 1 is 0.722 bits per heavy atom. The van der Waals surface area contributed by atoms with Gasteiger partial charge in [-0.25, -0.2) is 47.4 Å². The molecule has 0 spiro atoms. The maximum absolute atomic E-state index is 16.5. The average molecular weight is 1100 g/mol. The molecule has 0 aliphatic carbocycles. The molecule has 79 heavy (non-hydrogen) atoms. The monoisotopic (exact) mass is 1100 g/mol. The Labute approximate surface area is 458 Å². The number of rotatable bonds is 13. The van der Waals surface area contributed by atoms with Crippen LogP contribution in [0.3, 0.4) is 0 Å². The second-order valence-corrected chi connectivity index (χ2v) is 20.4. The van der Waals surface area contributed by atoms with Crippen molar-refractivity contribution in [2.24, 2.45) is 0 Å². The van der Waals surface area contributed by atoms with Crippen LogP contribution < -0.4 is 26.1 Å². The van der Waals surface area contributed by atoms with E-state index in [1.807, 2.05) is 68.4 Å². The number of hydrogen-bond acceptors (Lipinski definition) is 15. The normalized spacial score (nSPS) is 17.1. The molecule has 3 saturated heterocycles. The lowest BCUT2D eigenvalue weighted by atomic mass is 9.96. The van der Waals surface area contributed by atoms with Crippen LogP contribution in [0.15, 0.2) is 77.1 Å². The van der Waals surface area contributed by atoms with Gasteiger partial charge in [0.25, 0.3) is 0 Å². The van der Waals surface area contributed by atoms with Crippen molar-refractivity contribution in [2.45, 2.75) is 85.4 Å². The third kappa shape index (κ3) is 9.72. The highest BCUT2D eigenvalue weighted by Gasteiger charge is 2.35. The Morgan fingerprint density at radius 2 is 1.32 bits per heavy atom. The number of aromatic nitrogens is 8. The van der Waals surface area contributed by atoms with Gasteiger partial charge in [-0.15, -0.1) is 0 Å². The minimum atomic E-state index is -0.961. The number of amides is 2. The largest absolute Gasteiger partial charge is 0.507 e. The van der Waals surface area contributed by atoms with Crippen LogP contribution in [0.1, 0.15) is 69.6 Å². The van der Waals surface area contributed by atoms with E-state index in [4.69, 9.17) is 21.6 Å². The predicted molar refractivity (Wildman–Crippen MR) is 300 cm³/mol. The first-order valence-electron chi connectivity index (χ1n) is 26.6. The van der Waals surface area contributed by atoms with Gasteiger partial charge in [0.05, 0.1) is 50.2 Å². The molecule has 8 heterocycles. The standard InChI is InChI=1S/C57H60ClF2N13O6/c1-8-33-16-17-34(36(9-2)49(33)72-54-37(24-39(58)55(64-54)69-28-35(74)29-69)51(65-56(72)78)70-22-20-67(26-31(70)6)45(76)12-5)18-19-46(77)68-21-23-71(32(7)27-68)52-38-25-41(60)48(47-40(59)14-13-15-44(47)75)63-53(38)73(57(79)66-52)50-42(10-3)61-30-62-43(50)11-4/h12-19,24-25,30-32,35,74-75H,5,8-11,20-23,26-29H2,1-4,6-7H3/b19-18+/t31-,32-/m0/s1. The molecule has 10 rings (SSSR count). The number of phenolic OH excluding ortho intramolecular Hbond substituents is 1.